The number of hydrogen-bond acceptors (Lipinski definition) is 2. The lowest BCUT2D eigenvalue weighted by Gasteiger charge is -2.18. The number of benzene rings is 1. The maximum atomic E-state index is 13.1. The third-order valence-electron chi connectivity index (χ3n) is 2.80. The average Bonchev–Trinajstić information content (AvgIpc) is 2.62. The Morgan fingerprint density at radius 2 is 2.06 bits per heavy atom. The Hall–Kier alpha value is -0.420. The van der Waals surface area contributed by atoms with Gasteiger partial charge in [-0.3, -0.25) is 0 Å². The monoisotopic (exact) mass is 347 g/mol. The minimum atomic E-state index is -0.318. The van der Waals surface area contributed by atoms with Gasteiger partial charge in [-0.25, -0.2) is 4.39 Å². The molecular formula is C13H12BrClFNS. The van der Waals surface area contributed by atoms with Crippen molar-refractivity contribution in [1.82, 2.24) is 5.32 Å². The summed E-state index contributed by atoms with van der Waals surface area (Å²) in [6.07, 6.45) is 0. The van der Waals surface area contributed by atoms with Crippen LogP contribution in [0.5, 0.6) is 0 Å². The molecule has 1 aromatic carbocycles. The summed E-state index contributed by atoms with van der Waals surface area (Å²) in [5.41, 5.74) is 2.04. The summed E-state index contributed by atoms with van der Waals surface area (Å²) in [5, 5.41) is 3.67. The van der Waals surface area contributed by atoms with Gasteiger partial charge in [0, 0.05) is 9.90 Å². The fourth-order valence-corrected chi connectivity index (χ4v) is 3.98. The summed E-state index contributed by atoms with van der Waals surface area (Å²) in [4.78, 5) is 1.21. The maximum absolute atomic E-state index is 13.1. The Morgan fingerprint density at radius 3 is 2.56 bits per heavy atom. The van der Waals surface area contributed by atoms with E-state index < -0.39 is 0 Å². The van der Waals surface area contributed by atoms with Crippen LogP contribution in [0.2, 0.25) is 5.02 Å². The van der Waals surface area contributed by atoms with Gasteiger partial charge in [0.25, 0.3) is 0 Å². The highest BCUT2D eigenvalue weighted by Gasteiger charge is 2.19. The number of halogens is 3. The standard InChI is InChI=1S/C13H12BrClFNS/c1-7-10(6-12(14)18-7)13(17-2)9-4-3-8(16)5-11(9)15/h3-6,13,17H,1-2H3. The summed E-state index contributed by atoms with van der Waals surface area (Å²) in [6, 6.07) is 6.55. The van der Waals surface area contributed by atoms with Gasteiger partial charge in [0.05, 0.1) is 9.83 Å². The molecule has 1 aromatic heterocycles. The van der Waals surface area contributed by atoms with E-state index >= 15 is 0 Å². The largest absolute Gasteiger partial charge is 0.309 e. The molecule has 0 aliphatic carbocycles. The maximum Gasteiger partial charge on any atom is 0.124 e. The molecule has 0 saturated carbocycles. The molecule has 1 N–H and O–H groups in total. The van der Waals surface area contributed by atoms with E-state index in [1.807, 2.05) is 7.05 Å². The quantitative estimate of drug-likeness (QED) is 0.830. The van der Waals surface area contributed by atoms with Crippen LogP contribution in [0.4, 0.5) is 4.39 Å². The van der Waals surface area contributed by atoms with Crippen molar-refractivity contribution >= 4 is 38.9 Å². The Bertz CT molecular complexity index is 570. The van der Waals surface area contributed by atoms with Crippen LogP contribution in [0.25, 0.3) is 0 Å². The minimum Gasteiger partial charge on any atom is -0.309 e. The molecular weight excluding hydrogens is 337 g/mol. The second kappa shape index (κ2) is 5.70. The van der Waals surface area contributed by atoms with E-state index in [1.54, 1.807) is 17.4 Å². The van der Waals surface area contributed by atoms with Crippen LogP contribution in [-0.4, -0.2) is 7.05 Å². The summed E-state index contributed by atoms with van der Waals surface area (Å²) in [6.45, 7) is 2.06. The number of aryl methyl sites for hydroxylation is 1. The molecule has 18 heavy (non-hydrogen) atoms. The highest BCUT2D eigenvalue weighted by Crippen LogP contribution is 2.35. The molecule has 0 saturated heterocycles. The summed E-state index contributed by atoms with van der Waals surface area (Å²) >= 11 is 11.3. The van der Waals surface area contributed by atoms with E-state index in [2.05, 4.69) is 34.2 Å². The van der Waals surface area contributed by atoms with Gasteiger partial charge in [-0.05, 0) is 59.2 Å². The molecule has 0 fully saturated rings. The summed E-state index contributed by atoms with van der Waals surface area (Å²) in [7, 11) is 1.87. The molecule has 1 unspecified atom stereocenters. The van der Waals surface area contributed by atoms with Gasteiger partial charge < -0.3 is 5.32 Å². The Kier molecular flexibility index (Phi) is 4.43. The summed E-state index contributed by atoms with van der Waals surface area (Å²) in [5.74, 6) is -0.318. The van der Waals surface area contributed by atoms with E-state index in [1.165, 1.54) is 17.0 Å². The van der Waals surface area contributed by atoms with Gasteiger partial charge in [0.1, 0.15) is 5.82 Å². The number of nitrogens with one attached hydrogen (secondary N) is 1. The van der Waals surface area contributed by atoms with Gasteiger partial charge in [-0.2, -0.15) is 0 Å². The van der Waals surface area contributed by atoms with Crippen molar-refractivity contribution in [2.24, 2.45) is 0 Å². The molecule has 1 atom stereocenters. The second-order valence-corrected chi connectivity index (χ2v) is 6.99. The number of rotatable bonds is 3. The molecule has 0 radical (unpaired) electrons. The lowest BCUT2D eigenvalue weighted by molar-refractivity contribution is 0.623. The van der Waals surface area contributed by atoms with Crippen LogP contribution >= 0.6 is 38.9 Å². The molecule has 0 bridgehead atoms. The van der Waals surface area contributed by atoms with Crippen molar-refractivity contribution in [3.05, 3.63) is 54.9 Å². The first kappa shape index (κ1) is 14.0. The summed E-state index contributed by atoms with van der Waals surface area (Å²) < 4.78 is 14.2. The van der Waals surface area contributed by atoms with Crippen LogP contribution in [-0.2, 0) is 0 Å². The molecule has 0 aliphatic rings. The molecule has 2 aromatic rings. The topological polar surface area (TPSA) is 12.0 Å². The molecule has 2 rings (SSSR count). The van der Waals surface area contributed by atoms with E-state index in [-0.39, 0.29) is 11.9 Å². The van der Waals surface area contributed by atoms with Crippen molar-refractivity contribution in [2.45, 2.75) is 13.0 Å². The van der Waals surface area contributed by atoms with Crippen molar-refractivity contribution in [1.29, 1.82) is 0 Å². The first-order valence-corrected chi connectivity index (χ1v) is 7.39. The molecule has 0 amide bonds. The van der Waals surface area contributed by atoms with Crippen LogP contribution < -0.4 is 5.32 Å². The van der Waals surface area contributed by atoms with Gasteiger partial charge in [0.15, 0.2) is 0 Å². The van der Waals surface area contributed by atoms with E-state index in [0.717, 1.165) is 14.9 Å². The normalized spacial score (nSPS) is 12.7. The van der Waals surface area contributed by atoms with Crippen LogP contribution in [0.15, 0.2) is 28.1 Å². The molecule has 96 valence electrons. The zero-order valence-electron chi connectivity index (χ0n) is 9.93. The molecule has 5 heteroatoms. The van der Waals surface area contributed by atoms with Gasteiger partial charge in [0.2, 0.25) is 0 Å². The van der Waals surface area contributed by atoms with Crippen molar-refractivity contribution < 1.29 is 4.39 Å². The zero-order chi connectivity index (χ0) is 13.3. The SMILES string of the molecule is CNC(c1ccc(F)cc1Cl)c1cc(Br)sc1C. The van der Waals surface area contributed by atoms with Crippen molar-refractivity contribution in [3.8, 4) is 0 Å². The fraction of sp³-hybridized carbons (Fsp3) is 0.231. The highest BCUT2D eigenvalue weighted by molar-refractivity contribution is 9.11. The zero-order valence-corrected chi connectivity index (χ0v) is 13.1. The predicted molar refractivity (Wildman–Crippen MR) is 79.1 cm³/mol. The fourth-order valence-electron chi connectivity index (χ4n) is 1.96. The van der Waals surface area contributed by atoms with Gasteiger partial charge >= 0.3 is 0 Å². The first-order chi connectivity index (χ1) is 8.52. The number of hydrogen-bond donors (Lipinski definition) is 1. The molecule has 1 nitrogen and oxygen atoms in total. The minimum absolute atomic E-state index is 0.0272. The lowest BCUT2D eigenvalue weighted by atomic mass is 9.99. The Labute approximate surface area is 123 Å². The van der Waals surface area contributed by atoms with Crippen LogP contribution in [0.1, 0.15) is 22.0 Å². The average molecular weight is 349 g/mol. The van der Waals surface area contributed by atoms with Gasteiger partial charge in [-0.1, -0.05) is 17.7 Å². The molecule has 1 heterocycles. The van der Waals surface area contributed by atoms with Crippen molar-refractivity contribution in [3.63, 3.8) is 0 Å². The second-order valence-electron chi connectivity index (χ2n) is 3.95. The van der Waals surface area contributed by atoms with Crippen LogP contribution in [0, 0.1) is 12.7 Å². The van der Waals surface area contributed by atoms with Gasteiger partial charge in [-0.15, -0.1) is 11.3 Å². The molecule has 0 spiro atoms. The predicted octanol–water partition coefficient (Wildman–Crippen LogP) is 4.92. The Morgan fingerprint density at radius 1 is 1.33 bits per heavy atom. The van der Waals surface area contributed by atoms with E-state index in [9.17, 15) is 4.39 Å². The van der Waals surface area contributed by atoms with Crippen LogP contribution in [0.3, 0.4) is 0 Å². The van der Waals surface area contributed by atoms with Crippen molar-refractivity contribution in [2.75, 3.05) is 7.05 Å². The lowest BCUT2D eigenvalue weighted by Crippen LogP contribution is -2.18. The smallest absolute Gasteiger partial charge is 0.124 e. The third kappa shape index (κ3) is 2.77. The molecule has 0 aliphatic heterocycles. The third-order valence-corrected chi connectivity index (χ3v) is 4.70. The highest BCUT2D eigenvalue weighted by atomic mass is 79.9. The number of thiophene rings is 1. The first-order valence-electron chi connectivity index (χ1n) is 5.41. The van der Waals surface area contributed by atoms with E-state index in [0.29, 0.717) is 5.02 Å². The Balaban J connectivity index is 2.48. The van der Waals surface area contributed by atoms with E-state index in [4.69, 9.17) is 11.6 Å².